The maximum absolute atomic E-state index is 12.1. The lowest BCUT2D eigenvalue weighted by Gasteiger charge is -2.29. The molecule has 0 aliphatic carbocycles. The molecular weight excluding hydrogens is 246 g/mol. The summed E-state index contributed by atoms with van der Waals surface area (Å²) in [4.78, 5) is 27.3. The number of nitrogens with one attached hydrogen (secondary N) is 1. The fourth-order valence-electron chi connectivity index (χ4n) is 2.06. The highest BCUT2D eigenvalue weighted by atomic mass is 16.3. The topological polar surface area (TPSA) is 65.8 Å². The van der Waals surface area contributed by atoms with Crippen LogP contribution in [0.2, 0.25) is 0 Å². The molecule has 1 aliphatic rings. The monoisotopic (exact) mass is 265 g/mol. The first-order valence-corrected chi connectivity index (χ1v) is 6.37. The number of nitrogens with zero attached hydrogens (tertiary/aromatic N) is 2. The van der Waals surface area contributed by atoms with Crippen LogP contribution in [-0.2, 0) is 4.79 Å². The Bertz CT molecular complexity index is 463. The summed E-state index contributed by atoms with van der Waals surface area (Å²) in [6, 6.07) is 1.67. The van der Waals surface area contributed by atoms with Gasteiger partial charge >= 0.3 is 0 Å². The van der Waals surface area contributed by atoms with Gasteiger partial charge < -0.3 is 19.5 Å². The highest BCUT2D eigenvalue weighted by Crippen LogP contribution is 2.09. The van der Waals surface area contributed by atoms with Gasteiger partial charge in [-0.2, -0.15) is 0 Å². The number of likely N-dealkylation sites (N-methyl/N-ethyl adjacent to an activating group) is 1. The van der Waals surface area contributed by atoms with Crippen LogP contribution in [0.1, 0.15) is 16.1 Å². The number of furan rings is 1. The minimum absolute atomic E-state index is 0.0161. The van der Waals surface area contributed by atoms with Gasteiger partial charge in [0.25, 0.3) is 5.91 Å². The predicted molar refractivity (Wildman–Crippen MR) is 69.9 cm³/mol. The molecule has 0 radical (unpaired) electrons. The number of carbonyl (C=O) groups is 2. The van der Waals surface area contributed by atoms with Gasteiger partial charge in [0.1, 0.15) is 12.0 Å². The van der Waals surface area contributed by atoms with E-state index in [0.29, 0.717) is 24.4 Å². The molecule has 0 spiro atoms. The van der Waals surface area contributed by atoms with E-state index in [4.69, 9.17) is 4.42 Å². The van der Waals surface area contributed by atoms with Gasteiger partial charge in [-0.3, -0.25) is 9.59 Å². The Morgan fingerprint density at radius 2 is 2.11 bits per heavy atom. The molecule has 0 unspecified atom stereocenters. The summed E-state index contributed by atoms with van der Waals surface area (Å²) in [5.74, 6) is 0.475. The standard InChI is InChI=1S/C13H19N3O3/c1-10-7-11(9-19-10)13(18)15(2)8-12(17)16-5-3-14-4-6-16/h7,9,14H,3-6,8H2,1-2H3. The van der Waals surface area contributed by atoms with E-state index < -0.39 is 0 Å². The summed E-state index contributed by atoms with van der Waals surface area (Å²) in [5, 5.41) is 3.19. The maximum atomic E-state index is 12.1. The quantitative estimate of drug-likeness (QED) is 0.841. The number of piperazine rings is 1. The zero-order chi connectivity index (χ0) is 13.8. The van der Waals surface area contributed by atoms with E-state index in [2.05, 4.69) is 5.32 Å². The molecule has 2 heterocycles. The van der Waals surface area contributed by atoms with E-state index in [1.54, 1.807) is 24.9 Å². The van der Waals surface area contributed by atoms with Crippen LogP contribution in [0.25, 0.3) is 0 Å². The molecule has 6 nitrogen and oxygen atoms in total. The molecule has 0 atom stereocenters. The fraction of sp³-hybridized carbons (Fsp3) is 0.538. The predicted octanol–water partition coefficient (Wildman–Crippen LogP) is 0.0918. The Balaban J connectivity index is 1.91. The minimum Gasteiger partial charge on any atom is -0.469 e. The number of carbonyl (C=O) groups excluding carboxylic acids is 2. The van der Waals surface area contributed by atoms with Gasteiger partial charge in [0.2, 0.25) is 5.91 Å². The third kappa shape index (κ3) is 3.35. The molecule has 1 saturated heterocycles. The number of amides is 2. The average Bonchev–Trinajstić information content (AvgIpc) is 2.85. The van der Waals surface area contributed by atoms with Gasteiger partial charge in [-0.05, 0) is 13.0 Å². The number of aryl methyl sites for hydroxylation is 1. The van der Waals surface area contributed by atoms with Crippen molar-refractivity contribution in [3.05, 3.63) is 23.7 Å². The number of rotatable bonds is 3. The molecule has 1 aromatic rings. The molecule has 2 amide bonds. The summed E-state index contributed by atoms with van der Waals surface area (Å²) in [6.45, 7) is 4.90. The zero-order valence-electron chi connectivity index (χ0n) is 11.3. The van der Waals surface area contributed by atoms with E-state index >= 15 is 0 Å². The van der Waals surface area contributed by atoms with Crippen LogP contribution in [0.3, 0.4) is 0 Å². The molecular formula is C13H19N3O3. The fourth-order valence-corrected chi connectivity index (χ4v) is 2.06. The molecule has 6 heteroatoms. The van der Waals surface area contributed by atoms with Gasteiger partial charge in [0.05, 0.1) is 12.1 Å². The van der Waals surface area contributed by atoms with Crippen LogP contribution in [0.15, 0.2) is 16.7 Å². The van der Waals surface area contributed by atoms with Crippen molar-refractivity contribution in [3.63, 3.8) is 0 Å². The van der Waals surface area contributed by atoms with Crippen LogP contribution >= 0.6 is 0 Å². The van der Waals surface area contributed by atoms with Crippen molar-refractivity contribution in [1.29, 1.82) is 0 Å². The highest BCUT2D eigenvalue weighted by Gasteiger charge is 2.21. The third-order valence-electron chi connectivity index (χ3n) is 3.17. The van der Waals surface area contributed by atoms with E-state index in [0.717, 1.165) is 13.1 Å². The number of hydrogen-bond acceptors (Lipinski definition) is 4. The Morgan fingerprint density at radius 1 is 1.42 bits per heavy atom. The summed E-state index contributed by atoms with van der Waals surface area (Å²) in [5.41, 5.74) is 0.480. The Hall–Kier alpha value is -1.82. The smallest absolute Gasteiger partial charge is 0.257 e. The van der Waals surface area contributed by atoms with Crippen molar-refractivity contribution in [1.82, 2.24) is 15.1 Å². The first-order valence-electron chi connectivity index (χ1n) is 6.37. The SMILES string of the molecule is Cc1cc(C(=O)N(C)CC(=O)N2CCNCC2)co1. The molecule has 0 bridgehead atoms. The first kappa shape index (κ1) is 13.6. The van der Waals surface area contributed by atoms with E-state index in [1.165, 1.54) is 11.2 Å². The average molecular weight is 265 g/mol. The molecule has 1 fully saturated rings. The lowest BCUT2D eigenvalue weighted by atomic mass is 10.2. The van der Waals surface area contributed by atoms with Crippen molar-refractivity contribution in [3.8, 4) is 0 Å². The second kappa shape index (κ2) is 5.88. The molecule has 2 rings (SSSR count). The van der Waals surface area contributed by atoms with Gasteiger partial charge in [-0.15, -0.1) is 0 Å². The lowest BCUT2D eigenvalue weighted by Crippen LogP contribution is -2.49. The van der Waals surface area contributed by atoms with Crippen molar-refractivity contribution in [2.75, 3.05) is 39.8 Å². The van der Waals surface area contributed by atoms with Crippen LogP contribution in [-0.4, -0.2) is 61.4 Å². The second-order valence-electron chi connectivity index (χ2n) is 4.74. The zero-order valence-corrected chi connectivity index (χ0v) is 11.3. The van der Waals surface area contributed by atoms with E-state index in [9.17, 15) is 9.59 Å². The van der Waals surface area contributed by atoms with Gasteiger partial charge in [0.15, 0.2) is 0 Å². The van der Waals surface area contributed by atoms with Crippen molar-refractivity contribution < 1.29 is 14.0 Å². The molecule has 19 heavy (non-hydrogen) atoms. The molecule has 0 aromatic carbocycles. The summed E-state index contributed by atoms with van der Waals surface area (Å²) in [6.07, 6.45) is 1.42. The summed E-state index contributed by atoms with van der Waals surface area (Å²) >= 11 is 0. The Kier molecular flexibility index (Phi) is 4.21. The van der Waals surface area contributed by atoms with Crippen LogP contribution in [0.4, 0.5) is 0 Å². The largest absolute Gasteiger partial charge is 0.469 e. The van der Waals surface area contributed by atoms with Crippen molar-refractivity contribution in [2.24, 2.45) is 0 Å². The minimum atomic E-state index is -0.194. The van der Waals surface area contributed by atoms with Crippen molar-refractivity contribution >= 4 is 11.8 Å². The molecule has 1 aliphatic heterocycles. The van der Waals surface area contributed by atoms with Gasteiger partial charge in [-0.1, -0.05) is 0 Å². The maximum Gasteiger partial charge on any atom is 0.257 e. The highest BCUT2D eigenvalue weighted by molar-refractivity contribution is 5.96. The second-order valence-corrected chi connectivity index (χ2v) is 4.74. The molecule has 1 aromatic heterocycles. The normalized spacial score (nSPS) is 15.4. The Morgan fingerprint density at radius 3 is 2.68 bits per heavy atom. The van der Waals surface area contributed by atoms with Crippen LogP contribution < -0.4 is 5.32 Å². The first-order chi connectivity index (χ1) is 9.08. The molecule has 0 saturated carbocycles. The molecule has 104 valence electrons. The van der Waals surface area contributed by atoms with Gasteiger partial charge in [-0.25, -0.2) is 0 Å². The summed E-state index contributed by atoms with van der Waals surface area (Å²) < 4.78 is 5.11. The van der Waals surface area contributed by atoms with E-state index in [-0.39, 0.29) is 18.4 Å². The number of hydrogen-bond donors (Lipinski definition) is 1. The van der Waals surface area contributed by atoms with Crippen molar-refractivity contribution in [2.45, 2.75) is 6.92 Å². The lowest BCUT2D eigenvalue weighted by molar-refractivity contribution is -0.132. The summed E-state index contributed by atoms with van der Waals surface area (Å²) in [7, 11) is 1.63. The third-order valence-corrected chi connectivity index (χ3v) is 3.17. The van der Waals surface area contributed by atoms with E-state index in [1.807, 2.05) is 0 Å². The van der Waals surface area contributed by atoms with Crippen LogP contribution in [0.5, 0.6) is 0 Å². The molecule has 1 N–H and O–H groups in total. The Labute approximate surface area is 112 Å². The van der Waals surface area contributed by atoms with Gasteiger partial charge in [0, 0.05) is 33.2 Å². The van der Waals surface area contributed by atoms with Crippen LogP contribution in [0, 0.1) is 6.92 Å².